The van der Waals surface area contributed by atoms with Crippen molar-refractivity contribution in [2.45, 2.75) is 45.4 Å². The molecule has 1 fully saturated rings. The van der Waals surface area contributed by atoms with Gasteiger partial charge < -0.3 is 15.5 Å². The molecule has 0 saturated carbocycles. The molecule has 0 radical (unpaired) electrons. The maximum atomic E-state index is 11.7. The molecule has 0 amide bonds. The minimum Gasteiger partial charge on any atom is -0.356 e. The van der Waals surface area contributed by atoms with E-state index in [-0.39, 0.29) is 29.7 Å². The SMILES string of the molecule is CCS(=O)(=O)N(C)CCCNC(=NC)NCCCN1CCCCCC1.I. The number of likely N-dealkylation sites (tertiary alicyclic amines) is 1. The maximum Gasteiger partial charge on any atom is 0.213 e. The van der Waals surface area contributed by atoms with Crippen molar-refractivity contribution in [3.8, 4) is 0 Å². The second-order valence-corrected chi connectivity index (χ2v) is 8.98. The Morgan fingerprint density at radius 1 is 1.08 bits per heavy atom. The van der Waals surface area contributed by atoms with Gasteiger partial charge in [-0.25, -0.2) is 12.7 Å². The minimum absolute atomic E-state index is 0. The van der Waals surface area contributed by atoms with Crippen LogP contribution >= 0.6 is 24.0 Å². The lowest BCUT2D eigenvalue weighted by atomic mass is 10.2. The summed E-state index contributed by atoms with van der Waals surface area (Å²) in [6.07, 6.45) is 7.28. The molecule has 0 aromatic heterocycles. The molecule has 1 aliphatic rings. The van der Waals surface area contributed by atoms with Gasteiger partial charge >= 0.3 is 0 Å². The third kappa shape index (κ3) is 10.9. The fourth-order valence-electron chi connectivity index (χ4n) is 2.96. The van der Waals surface area contributed by atoms with Gasteiger partial charge in [0.2, 0.25) is 10.0 Å². The molecule has 1 aliphatic heterocycles. The van der Waals surface area contributed by atoms with E-state index in [1.165, 1.54) is 43.1 Å². The molecule has 7 nitrogen and oxygen atoms in total. The highest BCUT2D eigenvalue weighted by Gasteiger charge is 2.14. The zero-order valence-electron chi connectivity index (χ0n) is 16.7. The third-order valence-electron chi connectivity index (χ3n) is 4.65. The molecule has 0 aromatic carbocycles. The molecule has 2 N–H and O–H groups in total. The number of halogens is 1. The van der Waals surface area contributed by atoms with E-state index in [1.54, 1.807) is 21.0 Å². The smallest absolute Gasteiger partial charge is 0.213 e. The summed E-state index contributed by atoms with van der Waals surface area (Å²) in [7, 11) is 0.315. The number of rotatable bonds is 10. The summed E-state index contributed by atoms with van der Waals surface area (Å²) in [6, 6.07) is 0. The van der Waals surface area contributed by atoms with Crippen molar-refractivity contribution < 1.29 is 8.42 Å². The predicted molar refractivity (Wildman–Crippen MR) is 121 cm³/mol. The molecule has 0 atom stereocenters. The summed E-state index contributed by atoms with van der Waals surface area (Å²) in [5, 5.41) is 6.58. The molecule has 0 bridgehead atoms. The molecule has 0 aliphatic carbocycles. The second kappa shape index (κ2) is 14.9. The molecule has 9 heteroatoms. The van der Waals surface area contributed by atoms with Crippen molar-refractivity contribution in [1.29, 1.82) is 0 Å². The van der Waals surface area contributed by atoms with Crippen LogP contribution in [0, 0.1) is 0 Å². The highest BCUT2D eigenvalue weighted by molar-refractivity contribution is 14.0. The van der Waals surface area contributed by atoms with Gasteiger partial charge in [-0.05, 0) is 52.2 Å². The molecule has 0 spiro atoms. The highest BCUT2D eigenvalue weighted by atomic mass is 127. The fourth-order valence-corrected chi connectivity index (χ4v) is 3.81. The predicted octanol–water partition coefficient (Wildman–Crippen LogP) is 1.71. The van der Waals surface area contributed by atoms with Crippen LogP contribution in [0.1, 0.15) is 45.4 Å². The van der Waals surface area contributed by atoms with Crippen LogP contribution < -0.4 is 10.6 Å². The van der Waals surface area contributed by atoms with E-state index in [9.17, 15) is 8.42 Å². The topological polar surface area (TPSA) is 77.0 Å². The molecular weight excluding hydrogens is 465 g/mol. The van der Waals surface area contributed by atoms with Gasteiger partial charge in [0, 0.05) is 33.7 Å². The van der Waals surface area contributed by atoms with Crippen LogP contribution in [0.4, 0.5) is 0 Å². The van der Waals surface area contributed by atoms with Gasteiger partial charge in [0.1, 0.15) is 0 Å². The van der Waals surface area contributed by atoms with E-state index in [0.717, 1.165) is 31.9 Å². The second-order valence-electron chi connectivity index (χ2n) is 6.61. The van der Waals surface area contributed by atoms with Crippen molar-refractivity contribution in [3.05, 3.63) is 0 Å². The normalized spacial score (nSPS) is 16.8. The molecule has 1 rings (SSSR count). The molecule has 26 heavy (non-hydrogen) atoms. The highest BCUT2D eigenvalue weighted by Crippen LogP contribution is 2.09. The number of hydrogen-bond donors (Lipinski definition) is 2. The molecular formula is C17H38IN5O2S. The summed E-state index contributed by atoms with van der Waals surface area (Å²) < 4.78 is 24.8. The monoisotopic (exact) mass is 503 g/mol. The van der Waals surface area contributed by atoms with Gasteiger partial charge in [0.15, 0.2) is 5.96 Å². The number of aliphatic imine (C=N–C) groups is 1. The van der Waals surface area contributed by atoms with Crippen LogP contribution in [0.2, 0.25) is 0 Å². The Morgan fingerprint density at radius 2 is 1.65 bits per heavy atom. The Bertz CT molecular complexity index is 480. The molecule has 156 valence electrons. The van der Waals surface area contributed by atoms with Gasteiger partial charge in [-0.1, -0.05) is 12.8 Å². The quantitative estimate of drug-likeness (QED) is 0.206. The van der Waals surface area contributed by atoms with Crippen LogP contribution in [0.25, 0.3) is 0 Å². The number of sulfonamides is 1. The Hall–Kier alpha value is -0.130. The number of nitrogens with zero attached hydrogens (tertiary/aromatic N) is 3. The summed E-state index contributed by atoms with van der Waals surface area (Å²) in [6.45, 7) is 7.41. The van der Waals surface area contributed by atoms with Gasteiger partial charge in [-0.15, -0.1) is 24.0 Å². The van der Waals surface area contributed by atoms with Gasteiger partial charge in [-0.2, -0.15) is 0 Å². The summed E-state index contributed by atoms with van der Waals surface area (Å²) >= 11 is 0. The molecule has 0 unspecified atom stereocenters. The lowest BCUT2D eigenvalue weighted by molar-refractivity contribution is 0.282. The van der Waals surface area contributed by atoms with Crippen LogP contribution in [0.3, 0.4) is 0 Å². The van der Waals surface area contributed by atoms with E-state index in [0.29, 0.717) is 13.1 Å². The van der Waals surface area contributed by atoms with E-state index in [4.69, 9.17) is 0 Å². The van der Waals surface area contributed by atoms with E-state index in [1.807, 2.05) is 0 Å². The minimum atomic E-state index is -3.08. The van der Waals surface area contributed by atoms with E-state index in [2.05, 4.69) is 20.5 Å². The average molecular weight is 503 g/mol. The van der Waals surface area contributed by atoms with Crippen molar-refractivity contribution in [3.63, 3.8) is 0 Å². The first-order valence-corrected chi connectivity index (χ1v) is 11.2. The van der Waals surface area contributed by atoms with Gasteiger partial charge in [-0.3, -0.25) is 4.99 Å². The third-order valence-corrected chi connectivity index (χ3v) is 6.51. The molecule has 1 heterocycles. The van der Waals surface area contributed by atoms with Crippen LogP contribution in [0.5, 0.6) is 0 Å². The molecule has 1 saturated heterocycles. The fraction of sp³-hybridized carbons (Fsp3) is 0.941. The van der Waals surface area contributed by atoms with Crippen LogP contribution in [-0.4, -0.2) is 82.7 Å². The van der Waals surface area contributed by atoms with Crippen LogP contribution in [0.15, 0.2) is 4.99 Å². The van der Waals surface area contributed by atoms with E-state index < -0.39 is 10.0 Å². The summed E-state index contributed by atoms with van der Waals surface area (Å²) in [5.41, 5.74) is 0. The van der Waals surface area contributed by atoms with Crippen molar-refractivity contribution >= 4 is 40.0 Å². The molecule has 0 aromatic rings. The van der Waals surface area contributed by atoms with Crippen molar-refractivity contribution in [2.75, 3.05) is 59.1 Å². The maximum absolute atomic E-state index is 11.7. The van der Waals surface area contributed by atoms with Crippen molar-refractivity contribution in [2.24, 2.45) is 4.99 Å². The van der Waals surface area contributed by atoms with Gasteiger partial charge in [0.05, 0.1) is 5.75 Å². The zero-order valence-corrected chi connectivity index (χ0v) is 19.8. The lowest BCUT2D eigenvalue weighted by Gasteiger charge is -2.20. The summed E-state index contributed by atoms with van der Waals surface area (Å²) in [5.74, 6) is 0.939. The standard InChI is InChI=1S/C17H37N5O2S.HI/c1-4-25(23,24)21(3)13-9-11-19-17(18-2)20-12-10-16-22-14-7-5-6-8-15-22;/h4-16H2,1-3H3,(H2,18,19,20);1H. The summed E-state index contributed by atoms with van der Waals surface area (Å²) in [4.78, 5) is 6.78. The number of hydrogen-bond acceptors (Lipinski definition) is 4. The largest absolute Gasteiger partial charge is 0.356 e. The van der Waals surface area contributed by atoms with Crippen molar-refractivity contribution in [1.82, 2.24) is 19.8 Å². The first kappa shape index (κ1) is 25.9. The first-order valence-electron chi connectivity index (χ1n) is 9.60. The Kier molecular flexibility index (Phi) is 14.8. The first-order chi connectivity index (χ1) is 12.0. The van der Waals surface area contributed by atoms with Crippen LogP contribution in [-0.2, 0) is 10.0 Å². The zero-order chi connectivity index (χ0) is 18.5. The Balaban J connectivity index is 0.00000625. The Labute approximate surface area is 177 Å². The number of guanidine groups is 1. The lowest BCUT2D eigenvalue weighted by Crippen LogP contribution is -2.40. The van der Waals surface area contributed by atoms with Gasteiger partial charge in [0.25, 0.3) is 0 Å². The number of nitrogens with one attached hydrogen (secondary N) is 2. The van der Waals surface area contributed by atoms with E-state index >= 15 is 0 Å². The Morgan fingerprint density at radius 3 is 2.19 bits per heavy atom. The average Bonchev–Trinajstić information content (AvgIpc) is 2.88.